The Morgan fingerprint density at radius 1 is 0.913 bits per heavy atom. The van der Waals surface area contributed by atoms with Crippen molar-refractivity contribution in [3.8, 4) is 16.8 Å². The van der Waals surface area contributed by atoms with Gasteiger partial charge in [0, 0.05) is 11.9 Å². The fourth-order valence-electron chi connectivity index (χ4n) is 2.07. The zero-order valence-electron chi connectivity index (χ0n) is 11.6. The van der Waals surface area contributed by atoms with Gasteiger partial charge in [0.05, 0.1) is 5.69 Å². The van der Waals surface area contributed by atoms with Crippen LogP contribution in [0.2, 0.25) is 0 Å². The lowest BCUT2D eigenvalue weighted by Crippen LogP contribution is -2.22. The molecule has 0 N–H and O–H groups in total. The van der Waals surface area contributed by atoms with Crippen LogP contribution in [0, 0.1) is 0 Å². The number of hydrogen-bond donors (Lipinski definition) is 0. The van der Waals surface area contributed by atoms with Crippen LogP contribution in [-0.2, 0) is 0 Å². The number of aromatic nitrogens is 3. The molecule has 118 valence electrons. The van der Waals surface area contributed by atoms with Crippen LogP contribution < -0.4 is 5.69 Å². The second kappa shape index (κ2) is 6.61. The number of halogens is 3. The molecule has 3 aromatic rings. The molecule has 1 heterocycles. The van der Waals surface area contributed by atoms with Gasteiger partial charge in [0.15, 0.2) is 0 Å². The van der Waals surface area contributed by atoms with E-state index in [-0.39, 0.29) is 0 Å². The van der Waals surface area contributed by atoms with Gasteiger partial charge in [0.1, 0.15) is 6.33 Å². The molecule has 3 rings (SSSR count). The molecular weight excluding hydrogens is 377 g/mol. The molecule has 23 heavy (non-hydrogen) atoms. The molecule has 0 aliphatic rings. The summed E-state index contributed by atoms with van der Waals surface area (Å²) in [4.78, 5) is 12.3. The van der Waals surface area contributed by atoms with Crippen LogP contribution in [0.4, 0.5) is 0 Å². The second-order valence-corrected chi connectivity index (χ2v) is 8.70. The summed E-state index contributed by atoms with van der Waals surface area (Å²) in [6.07, 6.45) is 1.39. The molecule has 0 unspecified atom stereocenters. The zero-order valence-corrected chi connectivity index (χ0v) is 14.6. The second-order valence-electron chi connectivity index (χ2n) is 4.61. The summed E-state index contributed by atoms with van der Waals surface area (Å²) in [6.45, 7) is 0. The predicted molar refractivity (Wildman–Crippen MR) is 96.5 cm³/mol. The van der Waals surface area contributed by atoms with Crippen molar-refractivity contribution in [1.82, 2.24) is 13.8 Å². The molecule has 0 saturated carbocycles. The number of nitrogens with zero attached hydrogens (tertiary/aromatic N) is 3. The highest BCUT2D eigenvalue weighted by atomic mass is 35.6. The van der Waals surface area contributed by atoms with Gasteiger partial charge in [-0.15, -0.1) is 9.19 Å². The number of hydrogen-bond acceptors (Lipinski definition) is 3. The van der Waals surface area contributed by atoms with Gasteiger partial charge in [-0.3, -0.25) is 0 Å². The third kappa shape index (κ3) is 3.93. The first kappa shape index (κ1) is 16.5. The zero-order chi connectivity index (χ0) is 16.4. The van der Waals surface area contributed by atoms with Crippen molar-refractivity contribution >= 4 is 46.8 Å². The smallest absolute Gasteiger partial charge is 0.249 e. The molecule has 0 saturated heterocycles. The summed E-state index contributed by atoms with van der Waals surface area (Å²) in [7, 11) is 0. The first-order valence-corrected chi connectivity index (χ1v) is 8.43. The molecule has 4 nitrogen and oxygen atoms in total. The molecule has 0 spiro atoms. The van der Waals surface area contributed by atoms with Crippen LogP contribution in [0.5, 0.6) is 0 Å². The van der Waals surface area contributed by atoms with E-state index in [0.29, 0.717) is 17.6 Å². The Bertz CT molecular complexity index is 854. The van der Waals surface area contributed by atoms with Crippen LogP contribution in [0.3, 0.4) is 0 Å². The van der Waals surface area contributed by atoms with Gasteiger partial charge in [0.25, 0.3) is 3.12 Å². The monoisotopic (exact) mass is 385 g/mol. The summed E-state index contributed by atoms with van der Waals surface area (Å²) in [5, 5.41) is 3.93. The highest BCUT2D eigenvalue weighted by molar-refractivity contribution is 8.03. The van der Waals surface area contributed by atoms with Crippen molar-refractivity contribution in [2.45, 2.75) is 3.12 Å². The molecule has 2 aromatic carbocycles. The third-order valence-electron chi connectivity index (χ3n) is 3.08. The Hall–Kier alpha value is -1.40. The Kier molecular flexibility index (Phi) is 4.73. The standard InChI is InChI=1S/C15H10Cl3N3OS/c16-15(17,18)23-21-14(22)20(10-19-21)13-8-6-12(7-9-13)11-4-2-1-3-5-11/h1-10H. The first-order chi connectivity index (χ1) is 10.9. The summed E-state index contributed by atoms with van der Waals surface area (Å²) >= 11 is 17.7. The van der Waals surface area contributed by atoms with Crippen molar-refractivity contribution in [2.75, 3.05) is 0 Å². The third-order valence-corrected chi connectivity index (χ3v) is 4.34. The minimum Gasteiger partial charge on any atom is -0.249 e. The maximum atomic E-state index is 12.3. The molecule has 0 fully saturated rings. The van der Waals surface area contributed by atoms with Crippen LogP contribution in [0.1, 0.15) is 0 Å². The maximum Gasteiger partial charge on any atom is 0.361 e. The van der Waals surface area contributed by atoms with E-state index in [9.17, 15) is 4.79 Å². The molecule has 0 bridgehead atoms. The Balaban J connectivity index is 1.90. The molecule has 8 heteroatoms. The van der Waals surface area contributed by atoms with Crippen molar-refractivity contribution in [3.05, 3.63) is 71.4 Å². The molecular formula is C15H10Cl3N3OS. The van der Waals surface area contributed by atoms with E-state index < -0.39 is 8.81 Å². The van der Waals surface area contributed by atoms with Gasteiger partial charge in [-0.1, -0.05) is 77.3 Å². The Morgan fingerprint density at radius 3 is 2.13 bits per heavy atom. The fourth-order valence-corrected chi connectivity index (χ4v) is 3.11. The van der Waals surface area contributed by atoms with Crippen LogP contribution in [0.15, 0.2) is 65.7 Å². The lowest BCUT2D eigenvalue weighted by atomic mass is 10.1. The molecule has 0 atom stereocenters. The maximum absolute atomic E-state index is 12.3. The van der Waals surface area contributed by atoms with Crippen molar-refractivity contribution in [1.29, 1.82) is 0 Å². The van der Waals surface area contributed by atoms with E-state index in [1.165, 1.54) is 10.9 Å². The largest absolute Gasteiger partial charge is 0.361 e. The lowest BCUT2D eigenvalue weighted by Gasteiger charge is -2.07. The first-order valence-electron chi connectivity index (χ1n) is 6.53. The minimum atomic E-state index is -1.65. The quantitative estimate of drug-likeness (QED) is 0.621. The van der Waals surface area contributed by atoms with Gasteiger partial charge < -0.3 is 0 Å². The SMILES string of the molecule is O=c1n(-c2ccc(-c3ccccc3)cc2)cnn1SC(Cl)(Cl)Cl. The van der Waals surface area contributed by atoms with Crippen LogP contribution in [0.25, 0.3) is 16.8 Å². The fraction of sp³-hybridized carbons (Fsp3) is 0.0667. The number of benzene rings is 2. The normalized spacial score (nSPS) is 11.6. The van der Waals surface area contributed by atoms with Crippen molar-refractivity contribution in [2.24, 2.45) is 0 Å². The topological polar surface area (TPSA) is 39.8 Å². The van der Waals surface area contributed by atoms with Gasteiger partial charge >= 0.3 is 5.69 Å². The minimum absolute atomic E-state index is 0.395. The molecule has 0 amide bonds. The van der Waals surface area contributed by atoms with Crippen molar-refractivity contribution < 1.29 is 0 Å². The van der Waals surface area contributed by atoms with E-state index in [0.717, 1.165) is 15.2 Å². The van der Waals surface area contributed by atoms with E-state index in [4.69, 9.17) is 34.8 Å². The van der Waals surface area contributed by atoms with Gasteiger partial charge in [-0.2, -0.15) is 0 Å². The molecule has 0 radical (unpaired) electrons. The molecule has 0 aliphatic carbocycles. The van der Waals surface area contributed by atoms with Crippen LogP contribution in [-0.4, -0.2) is 16.9 Å². The summed E-state index contributed by atoms with van der Waals surface area (Å²) in [5.41, 5.74) is 2.46. The average molecular weight is 387 g/mol. The Morgan fingerprint density at radius 2 is 1.52 bits per heavy atom. The summed E-state index contributed by atoms with van der Waals surface area (Å²) < 4.78 is 0.774. The van der Waals surface area contributed by atoms with E-state index in [1.54, 1.807) is 0 Å². The predicted octanol–water partition coefficient (Wildman–Crippen LogP) is 4.53. The average Bonchev–Trinajstić information content (AvgIpc) is 2.88. The van der Waals surface area contributed by atoms with E-state index in [2.05, 4.69) is 5.10 Å². The lowest BCUT2D eigenvalue weighted by molar-refractivity contribution is 0.936. The van der Waals surface area contributed by atoms with Crippen LogP contribution >= 0.6 is 46.8 Å². The number of rotatable bonds is 3. The van der Waals surface area contributed by atoms with E-state index in [1.807, 2.05) is 54.6 Å². The summed E-state index contributed by atoms with van der Waals surface area (Å²) in [6, 6.07) is 17.5. The van der Waals surface area contributed by atoms with Crippen molar-refractivity contribution in [3.63, 3.8) is 0 Å². The highest BCUT2D eigenvalue weighted by Gasteiger charge is 2.24. The molecule has 1 aromatic heterocycles. The van der Waals surface area contributed by atoms with Gasteiger partial charge in [0.2, 0.25) is 0 Å². The summed E-state index contributed by atoms with van der Waals surface area (Å²) in [5.74, 6) is 0. The van der Waals surface area contributed by atoms with Gasteiger partial charge in [-0.05, 0) is 23.3 Å². The van der Waals surface area contributed by atoms with E-state index >= 15 is 0 Å². The number of alkyl halides is 3. The highest BCUT2D eigenvalue weighted by Crippen LogP contribution is 2.38. The Labute approximate surface area is 151 Å². The van der Waals surface area contributed by atoms with Gasteiger partial charge in [-0.25, -0.2) is 9.36 Å². The molecule has 0 aliphatic heterocycles.